The van der Waals surface area contributed by atoms with Gasteiger partial charge >= 0.3 is 6.09 Å². The number of fused-ring (bicyclic) bond motifs is 1. The number of carbonyl (C=O) groups excluding carboxylic acids is 2. The minimum atomic E-state index is -0.499. The summed E-state index contributed by atoms with van der Waals surface area (Å²) >= 11 is 1.46. The zero-order valence-electron chi connectivity index (χ0n) is 18.4. The van der Waals surface area contributed by atoms with Gasteiger partial charge in [0, 0.05) is 30.4 Å². The Bertz CT molecular complexity index is 982. The predicted octanol–water partition coefficient (Wildman–Crippen LogP) is 4.31. The first-order valence-corrected chi connectivity index (χ1v) is 11.5. The van der Waals surface area contributed by atoms with Crippen LogP contribution in [0.2, 0.25) is 0 Å². The highest BCUT2D eigenvalue weighted by atomic mass is 32.1. The summed E-state index contributed by atoms with van der Waals surface area (Å²) in [5, 5.41) is 4.17. The largest absolute Gasteiger partial charge is 0.444 e. The van der Waals surface area contributed by atoms with Gasteiger partial charge in [-0.15, -0.1) is 11.3 Å². The molecule has 4 rings (SSSR count). The van der Waals surface area contributed by atoms with Gasteiger partial charge in [0.2, 0.25) is 0 Å². The summed E-state index contributed by atoms with van der Waals surface area (Å²) in [5.41, 5.74) is 1.42. The van der Waals surface area contributed by atoms with Gasteiger partial charge in [0.1, 0.15) is 16.3 Å². The number of ether oxygens (including phenoxy) is 1. The van der Waals surface area contributed by atoms with Crippen LogP contribution < -0.4 is 5.32 Å². The Morgan fingerprint density at radius 3 is 2.37 bits per heavy atom. The van der Waals surface area contributed by atoms with Gasteiger partial charge in [0.05, 0.1) is 10.6 Å². The molecule has 162 valence electrons. The topological polar surface area (TPSA) is 84.4 Å². The van der Waals surface area contributed by atoms with Crippen LogP contribution in [0.1, 0.15) is 79.1 Å². The SMILES string of the molecule is Cc1nc(C2CC2)nc2sc(C(=O)NC3CCN(C(=O)OC(C)(C)C)CC3)c(C)c12. The normalized spacial score (nSPS) is 18.0. The first-order valence-electron chi connectivity index (χ1n) is 10.7. The molecular formula is C22H30N4O3S. The molecule has 2 aromatic heterocycles. The maximum Gasteiger partial charge on any atom is 0.410 e. The van der Waals surface area contributed by atoms with Crippen LogP contribution >= 0.6 is 11.3 Å². The Hall–Kier alpha value is -2.22. The molecule has 1 N–H and O–H groups in total. The van der Waals surface area contributed by atoms with E-state index in [4.69, 9.17) is 9.72 Å². The summed E-state index contributed by atoms with van der Waals surface area (Å²) in [6.07, 6.45) is 3.47. The van der Waals surface area contributed by atoms with Crippen LogP contribution in [0, 0.1) is 13.8 Å². The third-order valence-electron chi connectivity index (χ3n) is 5.62. The molecule has 0 unspecified atom stereocenters. The molecule has 1 saturated heterocycles. The van der Waals surface area contributed by atoms with Gasteiger partial charge in [0.25, 0.3) is 5.91 Å². The van der Waals surface area contributed by atoms with E-state index in [2.05, 4.69) is 10.3 Å². The quantitative estimate of drug-likeness (QED) is 0.784. The lowest BCUT2D eigenvalue weighted by atomic mass is 10.0. The lowest BCUT2D eigenvalue weighted by Crippen LogP contribution is -2.47. The van der Waals surface area contributed by atoms with Crippen molar-refractivity contribution in [3.63, 3.8) is 0 Å². The van der Waals surface area contributed by atoms with Crippen molar-refractivity contribution in [2.24, 2.45) is 0 Å². The molecule has 30 heavy (non-hydrogen) atoms. The monoisotopic (exact) mass is 430 g/mol. The van der Waals surface area contributed by atoms with Crippen molar-refractivity contribution in [2.45, 2.75) is 77.9 Å². The van der Waals surface area contributed by atoms with Crippen LogP contribution in [0.15, 0.2) is 0 Å². The van der Waals surface area contributed by atoms with Crippen molar-refractivity contribution < 1.29 is 14.3 Å². The fourth-order valence-electron chi connectivity index (χ4n) is 3.88. The van der Waals surface area contributed by atoms with E-state index in [0.29, 0.717) is 23.9 Å². The van der Waals surface area contributed by atoms with Gasteiger partial charge < -0.3 is 15.0 Å². The van der Waals surface area contributed by atoms with E-state index in [0.717, 1.165) is 53.0 Å². The molecule has 0 bridgehead atoms. The van der Waals surface area contributed by atoms with Crippen LogP contribution in [0.5, 0.6) is 0 Å². The number of piperidine rings is 1. The Morgan fingerprint density at radius 1 is 1.10 bits per heavy atom. The number of carbonyl (C=O) groups is 2. The highest BCUT2D eigenvalue weighted by Gasteiger charge is 2.30. The minimum Gasteiger partial charge on any atom is -0.444 e. The maximum atomic E-state index is 13.0. The number of nitrogens with one attached hydrogen (secondary N) is 1. The molecule has 2 fully saturated rings. The molecule has 8 heteroatoms. The minimum absolute atomic E-state index is 0.0509. The van der Waals surface area contributed by atoms with Crippen molar-refractivity contribution in [1.29, 1.82) is 0 Å². The van der Waals surface area contributed by atoms with Crippen LogP contribution in [-0.4, -0.2) is 51.6 Å². The molecular weight excluding hydrogens is 400 g/mol. The molecule has 1 aliphatic carbocycles. The fourth-order valence-corrected chi connectivity index (χ4v) is 5.03. The third kappa shape index (κ3) is 4.43. The van der Waals surface area contributed by atoms with Crippen LogP contribution in [0.4, 0.5) is 4.79 Å². The van der Waals surface area contributed by atoms with E-state index in [1.807, 2.05) is 34.6 Å². The average Bonchev–Trinajstić information content (AvgIpc) is 3.44. The van der Waals surface area contributed by atoms with Crippen molar-refractivity contribution in [3.05, 3.63) is 22.0 Å². The third-order valence-corrected chi connectivity index (χ3v) is 6.80. The van der Waals surface area contributed by atoms with E-state index in [9.17, 15) is 9.59 Å². The molecule has 3 heterocycles. The molecule has 0 aromatic carbocycles. The van der Waals surface area contributed by atoms with E-state index in [1.54, 1.807) is 4.90 Å². The second-order valence-corrected chi connectivity index (χ2v) is 10.4. The first-order chi connectivity index (χ1) is 14.1. The molecule has 0 radical (unpaired) electrons. The number of aryl methyl sites for hydroxylation is 2. The zero-order chi connectivity index (χ0) is 21.6. The van der Waals surface area contributed by atoms with Crippen LogP contribution in [0.25, 0.3) is 10.2 Å². The van der Waals surface area contributed by atoms with E-state index >= 15 is 0 Å². The number of hydrogen-bond donors (Lipinski definition) is 1. The molecule has 7 nitrogen and oxygen atoms in total. The lowest BCUT2D eigenvalue weighted by molar-refractivity contribution is 0.0200. The summed E-state index contributed by atoms with van der Waals surface area (Å²) < 4.78 is 5.44. The van der Waals surface area contributed by atoms with Crippen molar-refractivity contribution in [1.82, 2.24) is 20.2 Å². The van der Waals surface area contributed by atoms with E-state index in [1.165, 1.54) is 11.3 Å². The Labute approximate surface area is 181 Å². The lowest BCUT2D eigenvalue weighted by Gasteiger charge is -2.33. The summed E-state index contributed by atoms with van der Waals surface area (Å²) in [4.78, 5) is 38.0. The number of thiophene rings is 1. The fraction of sp³-hybridized carbons (Fsp3) is 0.636. The van der Waals surface area contributed by atoms with Gasteiger partial charge in [-0.05, 0) is 65.9 Å². The highest BCUT2D eigenvalue weighted by Crippen LogP contribution is 2.40. The smallest absolute Gasteiger partial charge is 0.410 e. The molecule has 1 saturated carbocycles. The van der Waals surface area contributed by atoms with Gasteiger partial charge in [-0.3, -0.25) is 4.79 Å². The molecule has 2 aromatic rings. The Balaban J connectivity index is 1.41. The summed E-state index contributed by atoms with van der Waals surface area (Å²) in [6.45, 7) is 10.7. The highest BCUT2D eigenvalue weighted by molar-refractivity contribution is 7.20. The number of amides is 2. The average molecular weight is 431 g/mol. The summed E-state index contributed by atoms with van der Waals surface area (Å²) in [6, 6.07) is 0.0509. The maximum absolute atomic E-state index is 13.0. The molecule has 0 atom stereocenters. The number of aromatic nitrogens is 2. The van der Waals surface area contributed by atoms with Crippen molar-refractivity contribution in [3.8, 4) is 0 Å². The second-order valence-electron chi connectivity index (χ2n) is 9.39. The zero-order valence-corrected chi connectivity index (χ0v) is 19.2. The molecule has 2 aliphatic rings. The number of hydrogen-bond acceptors (Lipinski definition) is 6. The number of nitrogens with zero attached hydrogens (tertiary/aromatic N) is 3. The van der Waals surface area contributed by atoms with Crippen LogP contribution in [0.3, 0.4) is 0 Å². The standard InChI is InChI=1S/C22H30N4O3S/c1-12-16-13(2)23-18(14-6-7-14)25-20(16)30-17(12)19(27)24-15-8-10-26(11-9-15)21(28)29-22(3,4)5/h14-15H,6-11H2,1-5H3,(H,24,27). The van der Waals surface area contributed by atoms with Crippen LogP contribution in [-0.2, 0) is 4.74 Å². The number of likely N-dealkylation sites (tertiary alicyclic amines) is 1. The van der Waals surface area contributed by atoms with Gasteiger partial charge in [-0.2, -0.15) is 0 Å². The van der Waals surface area contributed by atoms with Gasteiger partial charge in [0.15, 0.2) is 0 Å². The predicted molar refractivity (Wildman–Crippen MR) is 117 cm³/mol. The second kappa shape index (κ2) is 7.80. The molecule has 2 amide bonds. The van der Waals surface area contributed by atoms with Gasteiger partial charge in [-0.1, -0.05) is 0 Å². The Morgan fingerprint density at radius 2 is 1.77 bits per heavy atom. The van der Waals surface area contributed by atoms with Crippen molar-refractivity contribution >= 4 is 33.6 Å². The van der Waals surface area contributed by atoms with Crippen molar-refractivity contribution in [2.75, 3.05) is 13.1 Å². The molecule has 0 spiro atoms. The number of rotatable bonds is 3. The summed E-state index contributed by atoms with van der Waals surface area (Å²) in [7, 11) is 0. The van der Waals surface area contributed by atoms with Gasteiger partial charge in [-0.25, -0.2) is 14.8 Å². The van der Waals surface area contributed by atoms with E-state index in [-0.39, 0.29) is 18.0 Å². The Kier molecular flexibility index (Phi) is 5.46. The first kappa shape index (κ1) is 21.0. The summed E-state index contributed by atoms with van der Waals surface area (Å²) in [5.74, 6) is 1.35. The molecule has 1 aliphatic heterocycles. The van der Waals surface area contributed by atoms with E-state index < -0.39 is 5.60 Å².